The molecule has 5 nitrogen and oxygen atoms in total. The number of hydrogen-bond donors (Lipinski definition) is 0. The van der Waals surface area contributed by atoms with E-state index in [1.165, 1.54) is 0 Å². The molecule has 0 unspecified atom stereocenters. The molecule has 0 radical (unpaired) electrons. The zero-order valence-corrected chi connectivity index (χ0v) is 9.66. The van der Waals surface area contributed by atoms with Gasteiger partial charge >= 0.3 is 12.1 Å². The Morgan fingerprint density at radius 1 is 1.40 bits per heavy atom. The average Bonchev–Trinajstić information content (AvgIpc) is 2.26. The van der Waals surface area contributed by atoms with E-state index in [1.807, 2.05) is 13.8 Å². The summed E-state index contributed by atoms with van der Waals surface area (Å²) in [6, 6.07) is 0. The lowest BCUT2D eigenvalue weighted by Crippen LogP contribution is -2.44. The Morgan fingerprint density at radius 3 is 2.27 bits per heavy atom. The number of carbonyl (C=O) groups excluding carboxylic acids is 2. The first-order valence-corrected chi connectivity index (χ1v) is 5.05. The van der Waals surface area contributed by atoms with E-state index < -0.39 is 17.5 Å². The van der Waals surface area contributed by atoms with E-state index >= 15 is 0 Å². The van der Waals surface area contributed by atoms with Crippen molar-refractivity contribution in [3.05, 3.63) is 0 Å². The van der Waals surface area contributed by atoms with Crippen LogP contribution in [0.4, 0.5) is 4.79 Å². The molecule has 0 saturated carbocycles. The fraction of sp³-hybridized carbons (Fsp3) is 0.800. The second-order valence-electron chi connectivity index (χ2n) is 3.11. The van der Waals surface area contributed by atoms with Gasteiger partial charge in [-0.05, 0) is 13.8 Å². The van der Waals surface area contributed by atoms with Crippen LogP contribution in [0.2, 0.25) is 0 Å². The minimum Gasteiger partial charge on any atom is -0.465 e. The first kappa shape index (κ1) is 13.7. The van der Waals surface area contributed by atoms with Crippen LogP contribution >= 0.6 is 0 Å². The Morgan fingerprint density at radius 2 is 1.87 bits per heavy atom. The Kier molecular flexibility index (Phi) is 5.74. The highest BCUT2D eigenvalue weighted by Crippen LogP contribution is 2.23. The number of esters is 1. The van der Waals surface area contributed by atoms with Gasteiger partial charge in [-0.1, -0.05) is 13.8 Å². The molecule has 1 aliphatic heterocycles. The van der Waals surface area contributed by atoms with Gasteiger partial charge in [0.15, 0.2) is 0 Å². The van der Waals surface area contributed by atoms with Crippen LogP contribution in [0.1, 0.15) is 27.7 Å². The number of rotatable bonds is 2. The molecule has 5 heteroatoms. The third kappa shape index (κ3) is 3.77. The maximum Gasteiger partial charge on any atom is 0.508 e. The van der Waals surface area contributed by atoms with Crippen LogP contribution in [0, 0.1) is 5.41 Å². The van der Waals surface area contributed by atoms with Crippen LogP contribution in [-0.4, -0.2) is 31.9 Å². The van der Waals surface area contributed by atoms with E-state index in [2.05, 4.69) is 9.47 Å². The molecule has 0 aromatic carbocycles. The molecule has 15 heavy (non-hydrogen) atoms. The molecule has 0 aromatic rings. The van der Waals surface area contributed by atoms with E-state index in [-0.39, 0.29) is 13.2 Å². The van der Waals surface area contributed by atoms with Crippen LogP contribution in [-0.2, 0) is 19.0 Å². The highest BCUT2D eigenvalue weighted by Gasteiger charge is 2.41. The molecule has 0 atom stereocenters. The molecular formula is C10H18O5. The van der Waals surface area contributed by atoms with Crippen molar-refractivity contribution < 1.29 is 23.8 Å². The summed E-state index contributed by atoms with van der Waals surface area (Å²) in [5.41, 5.74) is -0.857. The summed E-state index contributed by atoms with van der Waals surface area (Å²) < 4.78 is 14.0. The first-order chi connectivity index (χ1) is 7.08. The van der Waals surface area contributed by atoms with Crippen molar-refractivity contribution in [1.82, 2.24) is 0 Å². The molecule has 1 fully saturated rings. The fourth-order valence-electron chi connectivity index (χ4n) is 0.943. The van der Waals surface area contributed by atoms with Gasteiger partial charge in [-0.25, -0.2) is 4.79 Å². The molecule has 1 rings (SSSR count). The minimum atomic E-state index is -0.857. The third-order valence-corrected chi connectivity index (χ3v) is 1.79. The monoisotopic (exact) mass is 218 g/mol. The SMILES string of the molecule is CC.CCOC(=O)C1(C)COC(=O)OC1. The summed E-state index contributed by atoms with van der Waals surface area (Å²) in [6.07, 6.45) is -0.734. The third-order valence-electron chi connectivity index (χ3n) is 1.79. The smallest absolute Gasteiger partial charge is 0.465 e. The fourth-order valence-corrected chi connectivity index (χ4v) is 0.943. The topological polar surface area (TPSA) is 61.8 Å². The second-order valence-corrected chi connectivity index (χ2v) is 3.11. The van der Waals surface area contributed by atoms with Crippen molar-refractivity contribution in [1.29, 1.82) is 0 Å². The Hall–Kier alpha value is -1.26. The predicted molar refractivity (Wildman–Crippen MR) is 53.4 cm³/mol. The Labute approximate surface area is 89.7 Å². The molecule has 1 aliphatic rings. The summed E-state index contributed by atoms with van der Waals surface area (Å²) in [7, 11) is 0. The van der Waals surface area contributed by atoms with Crippen LogP contribution < -0.4 is 0 Å². The number of hydrogen-bond acceptors (Lipinski definition) is 5. The molecule has 1 heterocycles. The summed E-state index contributed by atoms with van der Waals surface area (Å²) in [4.78, 5) is 21.9. The van der Waals surface area contributed by atoms with Gasteiger partial charge in [-0.2, -0.15) is 0 Å². The van der Waals surface area contributed by atoms with Gasteiger partial charge in [-0.15, -0.1) is 0 Å². The van der Waals surface area contributed by atoms with Crippen molar-refractivity contribution in [2.75, 3.05) is 19.8 Å². The van der Waals surface area contributed by atoms with Gasteiger partial charge in [0, 0.05) is 0 Å². The predicted octanol–water partition coefficient (Wildman–Crippen LogP) is 1.75. The van der Waals surface area contributed by atoms with E-state index in [0.717, 1.165) is 0 Å². The molecule has 88 valence electrons. The van der Waals surface area contributed by atoms with Gasteiger partial charge in [0.05, 0.1) is 6.61 Å². The zero-order chi connectivity index (χ0) is 11.9. The van der Waals surface area contributed by atoms with Gasteiger partial charge in [0.2, 0.25) is 0 Å². The maximum atomic E-state index is 11.3. The number of cyclic esters (lactones) is 2. The molecule has 0 aliphatic carbocycles. The second kappa shape index (κ2) is 6.27. The number of ether oxygens (including phenoxy) is 3. The normalized spacial score (nSPS) is 17.7. The van der Waals surface area contributed by atoms with Crippen molar-refractivity contribution >= 4 is 12.1 Å². The molecule has 0 bridgehead atoms. The summed E-state index contributed by atoms with van der Waals surface area (Å²) >= 11 is 0. The maximum absolute atomic E-state index is 11.3. The highest BCUT2D eigenvalue weighted by atomic mass is 16.7. The van der Waals surface area contributed by atoms with Crippen molar-refractivity contribution in [2.24, 2.45) is 5.41 Å². The van der Waals surface area contributed by atoms with E-state index in [1.54, 1.807) is 13.8 Å². The van der Waals surface area contributed by atoms with Crippen molar-refractivity contribution in [3.63, 3.8) is 0 Å². The molecule has 0 spiro atoms. The van der Waals surface area contributed by atoms with Crippen molar-refractivity contribution in [2.45, 2.75) is 27.7 Å². The Balaban J connectivity index is 0.000000921. The van der Waals surface area contributed by atoms with Crippen molar-refractivity contribution in [3.8, 4) is 0 Å². The van der Waals surface area contributed by atoms with Gasteiger partial charge in [0.1, 0.15) is 18.6 Å². The minimum absolute atomic E-state index is 0.0185. The molecule has 0 amide bonds. The molecule has 0 N–H and O–H groups in total. The lowest BCUT2D eigenvalue weighted by atomic mass is 9.93. The van der Waals surface area contributed by atoms with Gasteiger partial charge in [0.25, 0.3) is 0 Å². The van der Waals surface area contributed by atoms with Gasteiger partial charge < -0.3 is 14.2 Å². The lowest BCUT2D eigenvalue weighted by molar-refractivity contribution is -0.165. The number of carbonyl (C=O) groups is 2. The first-order valence-electron chi connectivity index (χ1n) is 5.05. The largest absolute Gasteiger partial charge is 0.508 e. The zero-order valence-electron chi connectivity index (χ0n) is 9.66. The van der Waals surface area contributed by atoms with E-state index in [4.69, 9.17) is 4.74 Å². The lowest BCUT2D eigenvalue weighted by Gasteiger charge is -2.29. The Bertz CT molecular complexity index is 214. The molecular weight excluding hydrogens is 200 g/mol. The van der Waals surface area contributed by atoms with E-state index in [9.17, 15) is 9.59 Å². The van der Waals surface area contributed by atoms with Crippen LogP contribution in [0.15, 0.2) is 0 Å². The molecule has 1 saturated heterocycles. The summed E-state index contributed by atoms with van der Waals surface area (Å²) in [5.74, 6) is -0.400. The van der Waals surface area contributed by atoms with Crippen LogP contribution in [0.3, 0.4) is 0 Å². The summed E-state index contributed by atoms with van der Waals surface area (Å²) in [6.45, 7) is 7.70. The summed E-state index contributed by atoms with van der Waals surface area (Å²) in [5, 5.41) is 0. The van der Waals surface area contributed by atoms with Crippen LogP contribution in [0.5, 0.6) is 0 Å². The highest BCUT2D eigenvalue weighted by molar-refractivity contribution is 5.78. The van der Waals surface area contributed by atoms with Crippen LogP contribution in [0.25, 0.3) is 0 Å². The van der Waals surface area contributed by atoms with E-state index in [0.29, 0.717) is 6.61 Å². The average molecular weight is 218 g/mol. The molecule has 0 aromatic heterocycles. The standard InChI is InChI=1S/C8H12O5.C2H6/c1-3-11-6(9)8(2)4-12-7(10)13-5-8;1-2/h3-5H2,1-2H3;1-2H3. The quantitative estimate of drug-likeness (QED) is 0.661. The van der Waals surface area contributed by atoms with Gasteiger partial charge in [-0.3, -0.25) is 4.79 Å².